The number of hydrogen-bond acceptors (Lipinski definition) is 5. The highest BCUT2D eigenvalue weighted by Gasteiger charge is 2.16. The summed E-state index contributed by atoms with van der Waals surface area (Å²) in [7, 11) is 1.66. The van der Waals surface area contributed by atoms with Crippen LogP contribution in [-0.4, -0.2) is 53.2 Å². The number of hydrogen-bond donors (Lipinski definition) is 1. The molecular weight excluding hydrogens is 416 g/mol. The van der Waals surface area contributed by atoms with E-state index in [1.807, 2.05) is 54.6 Å². The zero-order chi connectivity index (χ0) is 20.6. The van der Waals surface area contributed by atoms with Crippen molar-refractivity contribution in [3.8, 4) is 17.0 Å². The number of ether oxygens (including phenoxy) is 1. The quantitative estimate of drug-likeness (QED) is 0.420. The van der Waals surface area contributed by atoms with Crippen molar-refractivity contribution in [1.82, 2.24) is 9.88 Å². The fourth-order valence-corrected chi connectivity index (χ4v) is 4.37. The average Bonchev–Trinajstić information content (AvgIpc) is 2.78. The number of aliphatic hydroxyl groups excluding tert-OH is 1. The Hall–Kier alpha value is -1.79. The van der Waals surface area contributed by atoms with Crippen molar-refractivity contribution in [3.05, 3.63) is 60.2 Å². The van der Waals surface area contributed by atoms with Gasteiger partial charge in [-0.25, -0.2) is 4.98 Å². The lowest BCUT2D eigenvalue weighted by atomic mass is 10.0. The Bertz CT molecular complexity index is 920. The van der Waals surface area contributed by atoms with E-state index in [1.54, 1.807) is 18.9 Å². The maximum absolute atomic E-state index is 11.0. The Morgan fingerprint density at radius 2 is 1.80 bits per heavy atom. The summed E-state index contributed by atoms with van der Waals surface area (Å²) in [6, 6.07) is 18.0. The van der Waals surface area contributed by atoms with Crippen LogP contribution in [0.2, 0.25) is 0 Å². The Morgan fingerprint density at radius 3 is 2.47 bits per heavy atom. The molecule has 1 N–H and O–H groups in total. The van der Waals surface area contributed by atoms with Gasteiger partial charge in [0.1, 0.15) is 5.75 Å². The molecule has 0 saturated heterocycles. The Kier molecular flexibility index (Phi) is 9.92. The molecule has 0 radical (unpaired) electrons. The highest BCUT2D eigenvalue weighted by Crippen LogP contribution is 2.32. The second-order valence-corrected chi connectivity index (χ2v) is 8.11. The number of thioether (sulfide) groups is 1. The molecule has 1 heterocycles. The van der Waals surface area contributed by atoms with Crippen molar-refractivity contribution in [2.24, 2.45) is 0 Å². The first-order valence-corrected chi connectivity index (χ1v) is 11.3. The second-order valence-electron chi connectivity index (χ2n) is 6.96. The van der Waals surface area contributed by atoms with Crippen molar-refractivity contribution >= 4 is 35.1 Å². The minimum Gasteiger partial charge on any atom is -0.497 e. The van der Waals surface area contributed by atoms with Gasteiger partial charge in [0.05, 0.1) is 24.4 Å². The van der Waals surface area contributed by atoms with Gasteiger partial charge in [0.2, 0.25) is 0 Å². The van der Waals surface area contributed by atoms with E-state index >= 15 is 0 Å². The number of methoxy groups -OCH3 is 1. The molecule has 0 fully saturated rings. The van der Waals surface area contributed by atoms with Crippen molar-refractivity contribution in [2.75, 3.05) is 38.2 Å². The van der Waals surface area contributed by atoms with Gasteiger partial charge >= 0.3 is 0 Å². The fourth-order valence-electron chi connectivity index (χ4n) is 3.41. The lowest BCUT2D eigenvalue weighted by Gasteiger charge is -2.19. The normalized spacial score (nSPS) is 12.0. The van der Waals surface area contributed by atoms with Crippen LogP contribution in [0.5, 0.6) is 5.75 Å². The van der Waals surface area contributed by atoms with E-state index in [4.69, 9.17) is 9.72 Å². The summed E-state index contributed by atoms with van der Waals surface area (Å²) < 4.78 is 5.40. The molecule has 0 bridgehead atoms. The Labute approximate surface area is 190 Å². The van der Waals surface area contributed by atoms with Crippen LogP contribution >= 0.6 is 24.2 Å². The average molecular weight is 447 g/mol. The number of fused-ring (bicyclic) bond motifs is 1. The Morgan fingerprint density at radius 1 is 1.07 bits per heavy atom. The summed E-state index contributed by atoms with van der Waals surface area (Å²) in [6.07, 6.45) is -0.559. The molecule has 30 heavy (non-hydrogen) atoms. The van der Waals surface area contributed by atoms with Crippen LogP contribution in [0.4, 0.5) is 0 Å². The smallest absolute Gasteiger partial charge is 0.119 e. The number of nitrogens with zero attached hydrogens (tertiary/aromatic N) is 2. The maximum Gasteiger partial charge on any atom is 0.119 e. The molecule has 0 aliphatic rings. The molecule has 0 amide bonds. The van der Waals surface area contributed by atoms with Gasteiger partial charge in [-0.3, -0.25) is 0 Å². The summed E-state index contributed by atoms with van der Waals surface area (Å²) in [5, 5.41) is 12.0. The molecule has 1 aromatic heterocycles. The second kappa shape index (κ2) is 12.2. The SMILES string of the molecule is CCN(CC)CCSCC(O)c1cc(-c2ccccc2)nc2ccc(OC)cc12.Cl. The van der Waals surface area contributed by atoms with Crippen LogP contribution in [0.1, 0.15) is 25.5 Å². The van der Waals surface area contributed by atoms with Crippen molar-refractivity contribution in [1.29, 1.82) is 0 Å². The zero-order valence-electron chi connectivity index (χ0n) is 17.9. The summed E-state index contributed by atoms with van der Waals surface area (Å²) in [5.41, 5.74) is 3.70. The molecule has 3 aromatic rings. The van der Waals surface area contributed by atoms with Crippen molar-refractivity contribution in [2.45, 2.75) is 20.0 Å². The molecule has 162 valence electrons. The number of halogens is 1. The highest BCUT2D eigenvalue weighted by atomic mass is 35.5. The summed E-state index contributed by atoms with van der Waals surface area (Å²) in [6.45, 7) is 7.55. The molecule has 1 unspecified atom stereocenters. The van der Waals surface area contributed by atoms with E-state index < -0.39 is 6.10 Å². The number of benzene rings is 2. The first-order chi connectivity index (χ1) is 14.2. The van der Waals surface area contributed by atoms with Crippen LogP contribution in [0.25, 0.3) is 22.2 Å². The number of aromatic nitrogens is 1. The van der Waals surface area contributed by atoms with E-state index in [9.17, 15) is 5.11 Å². The van der Waals surface area contributed by atoms with Crippen LogP contribution in [-0.2, 0) is 0 Å². The van der Waals surface area contributed by atoms with E-state index in [0.29, 0.717) is 5.75 Å². The zero-order valence-corrected chi connectivity index (χ0v) is 19.5. The maximum atomic E-state index is 11.0. The third kappa shape index (κ3) is 6.11. The number of pyridine rings is 1. The minimum atomic E-state index is -0.559. The van der Waals surface area contributed by atoms with Crippen LogP contribution in [0, 0.1) is 0 Å². The fraction of sp³-hybridized carbons (Fsp3) is 0.375. The molecule has 0 aliphatic carbocycles. The molecule has 3 rings (SSSR count). The van der Waals surface area contributed by atoms with Gasteiger partial charge in [0.15, 0.2) is 0 Å². The van der Waals surface area contributed by atoms with E-state index in [2.05, 4.69) is 18.7 Å². The van der Waals surface area contributed by atoms with Gasteiger partial charge in [0.25, 0.3) is 0 Å². The summed E-state index contributed by atoms with van der Waals surface area (Å²) >= 11 is 1.79. The largest absolute Gasteiger partial charge is 0.497 e. The topological polar surface area (TPSA) is 45.6 Å². The lowest BCUT2D eigenvalue weighted by Crippen LogP contribution is -2.25. The lowest BCUT2D eigenvalue weighted by molar-refractivity contribution is 0.205. The highest BCUT2D eigenvalue weighted by molar-refractivity contribution is 7.99. The van der Waals surface area contributed by atoms with Gasteiger partial charge in [0, 0.05) is 29.0 Å². The Balaban J connectivity index is 0.00000320. The van der Waals surface area contributed by atoms with Crippen LogP contribution in [0.15, 0.2) is 54.6 Å². The summed E-state index contributed by atoms with van der Waals surface area (Å²) in [4.78, 5) is 7.23. The number of aliphatic hydroxyl groups is 1. The standard InChI is InChI=1S/C24H30N2O2S.ClH/c1-4-26(5-2)13-14-29-17-24(27)21-16-23(18-9-7-6-8-10-18)25-22-12-11-19(28-3)15-20(21)22;/h6-12,15-16,24,27H,4-5,13-14,17H2,1-3H3;1H. The number of rotatable bonds is 10. The predicted molar refractivity (Wildman–Crippen MR) is 131 cm³/mol. The third-order valence-electron chi connectivity index (χ3n) is 5.20. The van der Waals surface area contributed by atoms with Gasteiger partial charge in [-0.2, -0.15) is 11.8 Å². The van der Waals surface area contributed by atoms with Gasteiger partial charge < -0.3 is 14.7 Å². The molecule has 4 nitrogen and oxygen atoms in total. The molecule has 1 atom stereocenters. The summed E-state index contributed by atoms with van der Waals surface area (Å²) in [5.74, 6) is 2.44. The molecule has 0 spiro atoms. The van der Waals surface area contributed by atoms with E-state index in [0.717, 1.165) is 58.9 Å². The minimum absolute atomic E-state index is 0. The molecule has 0 saturated carbocycles. The first kappa shape index (κ1) is 24.5. The molecule has 0 aliphatic heterocycles. The first-order valence-electron chi connectivity index (χ1n) is 10.2. The van der Waals surface area contributed by atoms with Gasteiger partial charge in [-0.05, 0) is 42.9 Å². The molecule has 6 heteroatoms. The molecular formula is C24H31ClN2O2S. The van der Waals surface area contributed by atoms with Gasteiger partial charge in [-0.15, -0.1) is 12.4 Å². The van der Waals surface area contributed by atoms with E-state index in [-0.39, 0.29) is 12.4 Å². The monoisotopic (exact) mass is 446 g/mol. The van der Waals surface area contributed by atoms with Crippen LogP contribution in [0.3, 0.4) is 0 Å². The van der Waals surface area contributed by atoms with E-state index in [1.165, 1.54) is 0 Å². The van der Waals surface area contributed by atoms with Gasteiger partial charge in [-0.1, -0.05) is 44.2 Å². The molecule has 2 aromatic carbocycles. The predicted octanol–water partition coefficient (Wildman–Crippen LogP) is 5.44. The van der Waals surface area contributed by atoms with Crippen LogP contribution < -0.4 is 4.74 Å². The van der Waals surface area contributed by atoms with Crippen molar-refractivity contribution in [3.63, 3.8) is 0 Å². The van der Waals surface area contributed by atoms with Crippen molar-refractivity contribution < 1.29 is 9.84 Å². The third-order valence-corrected chi connectivity index (χ3v) is 6.22.